The molecule has 0 aliphatic carbocycles. The molecule has 3 rings (SSSR count). The van der Waals surface area contributed by atoms with E-state index in [2.05, 4.69) is 0 Å². The Morgan fingerprint density at radius 3 is 2.48 bits per heavy atom. The Morgan fingerprint density at radius 1 is 1.24 bits per heavy atom. The second kappa shape index (κ2) is 7.40. The molecule has 2 heterocycles. The van der Waals surface area contributed by atoms with Crippen molar-refractivity contribution in [1.82, 2.24) is 4.90 Å². The molecule has 25 heavy (non-hydrogen) atoms. The molecule has 0 spiro atoms. The van der Waals surface area contributed by atoms with Crippen molar-refractivity contribution in [1.29, 1.82) is 5.26 Å². The van der Waals surface area contributed by atoms with E-state index < -0.39 is 5.82 Å². The van der Waals surface area contributed by atoms with Crippen molar-refractivity contribution in [2.24, 2.45) is 5.92 Å². The minimum Gasteiger partial charge on any atom is -0.372 e. The molecule has 0 unspecified atom stereocenters. The number of rotatable bonds is 2. The van der Waals surface area contributed by atoms with Crippen LogP contribution in [-0.4, -0.2) is 49.2 Å². The van der Waals surface area contributed by atoms with Crippen LogP contribution in [0.4, 0.5) is 10.1 Å². The summed E-state index contributed by atoms with van der Waals surface area (Å²) < 4.78 is 19.5. The molecular formula is C19H24FN3O2. The van der Waals surface area contributed by atoms with Gasteiger partial charge in [0.1, 0.15) is 17.4 Å². The lowest BCUT2D eigenvalue weighted by Crippen LogP contribution is -2.51. The summed E-state index contributed by atoms with van der Waals surface area (Å²) in [5, 5.41) is 9.20. The average molecular weight is 345 g/mol. The zero-order valence-corrected chi connectivity index (χ0v) is 14.7. The lowest BCUT2D eigenvalue weighted by atomic mass is 9.94. The van der Waals surface area contributed by atoms with Crippen molar-refractivity contribution in [3.8, 4) is 6.07 Å². The van der Waals surface area contributed by atoms with Crippen LogP contribution in [0.3, 0.4) is 0 Å². The lowest BCUT2D eigenvalue weighted by Gasteiger charge is -2.39. The molecule has 1 aromatic carbocycles. The molecule has 0 saturated carbocycles. The van der Waals surface area contributed by atoms with Gasteiger partial charge in [0.05, 0.1) is 17.9 Å². The molecule has 1 amide bonds. The number of morpholine rings is 1. The van der Waals surface area contributed by atoms with Gasteiger partial charge in [0.2, 0.25) is 5.91 Å². The molecule has 0 radical (unpaired) electrons. The largest absolute Gasteiger partial charge is 0.372 e. The van der Waals surface area contributed by atoms with Gasteiger partial charge in [-0.15, -0.1) is 0 Å². The highest BCUT2D eigenvalue weighted by Crippen LogP contribution is 2.29. The Bertz CT molecular complexity index is 670. The molecule has 0 N–H and O–H groups in total. The number of hydrogen-bond acceptors (Lipinski definition) is 4. The molecule has 0 aromatic heterocycles. The number of anilines is 1. The van der Waals surface area contributed by atoms with Crippen LogP contribution in [0, 0.1) is 23.1 Å². The van der Waals surface area contributed by atoms with Crippen LogP contribution in [0.15, 0.2) is 18.2 Å². The van der Waals surface area contributed by atoms with E-state index in [1.807, 2.05) is 29.7 Å². The van der Waals surface area contributed by atoms with Gasteiger partial charge >= 0.3 is 0 Å². The van der Waals surface area contributed by atoms with E-state index in [4.69, 9.17) is 4.74 Å². The number of nitrogens with zero attached hydrogens (tertiary/aromatic N) is 3. The fourth-order valence-corrected chi connectivity index (χ4v) is 3.87. The van der Waals surface area contributed by atoms with E-state index in [0.29, 0.717) is 31.9 Å². The SMILES string of the molecule is C[C@@H]1CN(C(=O)C2CCN(c3cccc(F)c3C#N)CC2)C[C@@H](C)O1. The first-order valence-electron chi connectivity index (χ1n) is 8.87. The predicted octanol–water partition coefficient (Wildman–Crippen LogP) is 2.55. The number of ether oxygens (including phenoxy) is 1. The van der Waals surface area contributed by atoms with Gasteiger partial charge < -0.3 is 14.5 Å². The van der Waals surface area contributed by atoms with Gasteiger partial charge in [-0.05, 0) is 38.8 Å². The maximum Gasteiger partial charge on any atom is 0.225 e. The quantitative estimate of drug-likeness (QED) is 0.827. The van der Waals surface area contributed by atoms with Crippen molar-refractivity contribution in [2.75, 3.05) is 31.1 Å². The summed E-state index contributed by atoms with van der Waals surface area (Å²) in [6, 6.07) is 6.65. The first-order valence-corrected chi connectivity index (χ1v) is 8.87. The molecule has 0 bridgehead atoms. The van der Waals surface area contributed by atoms with Crippen molar-refractivity contribution < 1.29 is 13.9 Å². The number of hydrogen-bond donors (Lipinski definition) is 0. The molecule has 2 atom stereocenters. The third-order valence-corrected chi connectivity index (χ3v) is 5.02. The van der Waals surface area contributed by atoms with Crippen LogP contribution in [-0.2, 0) is 9.53 Å². The summed E-state index contributed by atoms with van der Waals surface area (Å²) >= 11 is 0. The monoisotopic (exact) mass is 345 g/mol. The normalized spacial score (nSPS) is 24.9. The molecule has 2 aliphatic rings. The first-order chi connectivity index (χ1) is 12.0. The highest BCUT2D eigenvalue weighted by atomic mass is 19.1. The molecular weight excluding hydrogens is 321 g/mol. The van der Waals surface area contributed by atoms with Gasteiger partial charge in [0.15, 0.2) is 0 Å². The second-order valence-electron chi connectivity index (χ2n) is 7.01. The average Bonchev–Trinajstić information content (AvgIpc) is 2.60. The standard InChI is InChI=1S/C19H24FN3O2/c1-13-11-23(12-14(2)25-13)19(24)15-6-8-22(9-7-15)18-5-3-4-17(20)16(18)10-21/h3-5,13-15H,6-9,11-12H2,1-2H3/t13-,14-/m1/s1. The molecule has 2 aliphatic heterocycles. The van der Waals surface area contributed by atoms with Gasteiger partial charge in [-0.25, -0.2) is 4.39 Å². The summed E-state index contributed by atoms with van der Waals surface area (Å²) in [5.41, 5.74) is 0.713. The molecule has 2 saturated heterocycles. The zero-order valence-electron chi connectivity index (χ0n) is 14.7. The topological polar surface area (TPSA) is 56.6 Å². The van der Waals surface area contributed by atoms with Crippen LogP contribution in [0.2, 0.25) is 0 Å². The van der Waals surface area contributed by atoms with Crippen molar-refractivity contribution in [3.05, 3.63) is 29.6 Å². The third kappa shape index (κ3) is 3.77. The Morgan fingerprint density at radius 2 is 1.88 bits per heavy atom. The lowest BCUT2D eigenvalue weighted by molar-refractivity contribution is -0.148. The third-order valence-electron chi connectivity index (χ3n) is 5.02. The molecule has 6 heteroatoms. The fraction of sp³-hybridized carbons (Fsp3) is 0.579. The summed E-state index contributed by atoms with van der Waals surface area (Å²) in [4.78, 5) is 16.7. The van der Waals surface area contributed by atoms with Crippen molar-refractivity contribution in [2.45, 2.75) is 38.9 Å². The summed E-state index contributed by atoms with van der Waals surface area (Å²) in [5.74, 6) is -0.302. The number of carbonyl (C=O) groups excluding carboxylic acids is 1. The van der Waals surface area contributed by atoms with E-state index >= 15 is 0 Å². The van der Waals surface area contributed by atoms with Gasteiger partial charge in [-0.1, -0.05) is 6.07 Å². The summed E-state index contributed by atoms with van der Waals surface area (Å²) in [6.07, 6.45) is 1.58. The van der Waals surface area contributed by atoms with Crippen LogP contribution < -0.4 is 4.90 Å². The number of benzene rings is 1. The zero-order chi connectivity index (χ0) is 18.0. The Labute approximate surface area is 148 Å². The number of piperidine rings is 1. The second-order valence-corrected chi connectivity index (χ2v) is 7.01. The molecule has 134 valence electrons. The van der Waals surface area contributed by atoms with Gasteiger partial charge in [0, 0.05) is 32.1 Å². The highest BCUT2D eigenvalue weighted by Gasteiger charge is 2.33. The van der Waals surface area contributed by atoms with Crippen LogP contribution in [0.5, 0.6) is 0 Å². The van der Waals surface area contributed by atoms with Gasteiger partial charge in [-0.2, -0.15) is 5.26 Å². The van der Waals surface area contributed by atoms with Crippen LogP contribution >= 0.6 is 0 Å². The van der Waals surface area contributed by atoms with Crippen LogP contribution in [0.25, 0.3) is 0 Å². The molecule has 2 fully saturated rings. The predicted molar refractivity (Wildman–Crippen MR) is 92.6 cm³/mol. The first kappa shape index (κ1) is 17.7. The van der Waals surface area contributed by atoms with Gasteiger partial charge in [0.25, 0.3) is 0 Å². The van der Waals surface area contributed by atoms with Crippen LogP contribution in [0.1, 0.15) is 32.3 Å². The maximum absolute atomic E-state index is 13.8. The minimum atomic E-state index is -0.491. The van der Waals surface area contributed by atoms with E-state index in [1.165, 1.54) is 6.07 Å². The maximum atomic E-state index is 13.8. The minimum absolute atomic E-state index is 0.00663. The Hall–Kier alpha value is -2.13. The van der Waals surface area contributed by atoms with Crippen molar-refractivity contribution in [3.63, 3.8) is 0 Å². The van der Waals surface area contributed by atoms with E-state index in [1.54, 1.807) is 12.1 Å². The molecule has 1 aromatic rings. The number of nitriles is 1. The van der Waals surface area contributed by atoms with Crippen molar-refractivity contribution >= 4 is 11.6 Å². The Kier molecular flexibility index (Phi) is 5.24. The van der Waals surface area contributed by atoms with Gasteiger partial charge in [-0.3, -0.25) is 4.79 Å². The smallest absolute Gasteiger partial charge is 0.225 e. The summed E-state index contributed by atoms with van der Waals surface area (Å²) in [6.45, 7) is 6.59. The number of amides is 1. The van der Waals surface area contributed by atoms with E-state index in [0.717, 1.165) is 12.8 Å². The fourth-order valence-electron chi connectivity index (χ4n) is 3.87. The summed E-state index contributed by atoms with van der Waals surface area (Å²) in [7, 11) is 0. The van der Waals surface area contributed by atoms with E-state index in [-0.39, 0.29) is 29.6 Å². The van der Waals surface area contributed by atoms with E-state index in [9.17, 15) is 14.4 Å². The number of carbonyl (C=O) groups is 1. The molecule has 5 nitrogen and oxygen atoms in total. The number of halogens is 1. The highest BCUT2D eigenvalue weighted by molar-refractivity contribution is 5.79. The Balaban J connectivity index is 1.63.